The van der Waals surface area contributed by atoms with Gasteiger partial charge in [-0.15, -0.1) is 10.2 Å². The predicted molar refractivity (Wildman–Crippen MR) is 119 cm³/mol. The molecule has 3 aromatic rings. The third kappa shape index (κ3) is 6.08. The number of nitrogens with zero attached hydrogens (tertiary/aromatic N) is 3. The van der Waals surface area contributed by atoms with E-state index in [-0.39, 0.29) is 23.8 Å². The maximum atomic E-state index is 12.2. The number of benzene rings is 2. The Labute approximate surface area is 184 Å². The lowest BCUT2D eigenvalue weighted by atomic mass is 10.0. The lowest BCUT2D eigenvalue weighted by Gasteiger charge is -2.09. The summed E-state index contributed by atoms with van der Waals surface area (Å²) in [4.78, 5) is 23.1. The van der Waals surface area contributed by atoms with Crippen molar-refractivity contribution in [3.63, 3.8) is 0 Å². The number of carboxylic acid groups (broad SMARTS) is 1. The Morgan fingerprint density at radius 2 is 1.77 bits per heavy atom. The summed E-state index contributed by atoms with van der Waals surface area (Å²) in [6, 6.07) is 14.0. The van der Waals surface area contributed by atoms with Gasteiger partial charge in [-0.2, -0.15) is 0 Å². The first kappa shape index (κ1) is 22.4. The molecular formula is C22H24N4O4S. The number of carbonyl (C=O) groups excluding carboxylic acids is 1. The third-order valence-corrected chi connectivity index (χ3v) is 5.61. The number of hydrogen-bond donors (Lipinski definition) is 2. The molecule has 0 atom stereocenters. The molecule has 3 rings (SSSR count). The van der Waals surface area contributed by atoms with Crippen LogP contribution in [0.25, 0.3) is 0 Å². The maximum absolute atomic E-state index is 12.2. The van der Waals surface area contributed by atoms with Crippen molar-refractivity contribution in [2.45, 2.75) is 31.5 Å². The van der Waals surface area contributed by atoms with Gasteiger partial charge in [-0.05, 0) is 47.9 Å². The second-order valence-electron chi connectivity index (χ2n) is 7.19. The monoisotopic (exact) mass is 440 g/mol. The Hall–Kier alpha value is -3.33. The van der Waals surface area contributed by atoms with E-state index < -0.39 is 5.97 Å². The molecule has 0 radical (unpaired) electrons. The van der Waals surface area contributed by atoms with Gasteiger partial charge in [0.15, 0.2) is 11.0 Å². The van der Waals surface area contributed by atoms with E-state index >= 15 is 0 Å². The van der Waals surface area contributed by atoms with E-state index in [0.717, 1.165) is 5.75 Å². The quantitative estimate of drug-likeness (QED) is 0.485. The van der Waals surface area contributed by atoms with Crippen LogP contribution in [-0.2, 0) is 18.4 Å². The number of thioether (sulfide) groups is 1. The first-order valence-corrected chi connectivity index (χ1v) is 10.7. The van der Waals surface area contributed by atoms with Crippen LogP contribution in [0.2, 0.25) is 0 Å². The van der Waals surface area contributed by atoms with E-state index in [4.69, 9.17) is 9.84 Å². The fourth-order valence-electron chi connectivity index (χ4n) is 2.72. The first-order valence-electron chi connectivity index (χ1n) is 9.70. The number of carbonyl (C=O) groups is 2. The van der Waals surface area contributed by atoms with Crippen LogP contribution in [-0.4, -0.2) is 37.5 Å². The summed E-state index contributed by atoms with van der Waals surface area (Å²) in [5.74, 6) is 0.787. The fraction of sp³-hybridized carbons (Fsp3) is 0.273. The minimum absolute atomic E-state index is 0.143. The molecule has 0 bridgehead atoms. The van der Waals surface area contributed by atoms with Gasteiger partial charge in [0, 0.05) is 12.7 Å². The summed E-state index contributed by atoms with van der Waals surface area (Å²) in [7, 11) is 1.82. The summed E-state index contributed by atoms with van der Waals surface area (Å²) in [6.45, 7) is 4.56. The van der Waals surface area contributed by atoms with Crippen molar-refractivity contribution in [2.24, 2.45) is 7.05 Å². The molecule has 0 aliphatic rings. The van der Waals surface area contributed by atoms with Gasteiger partial charge in [0.2, 0.25) is 5.91 Å². The number of aromatic carboxylic acids is 1. The molecule has 1 aromatic heterocycles. The van der Waals surface area contributed by atoms with Gasteiger partial charge in [-0.3, -0.25) is 4.79 Å². The van der Waals surface area contributed by atoms with Gasteiger partial charge < -0.3 is 19.7 Å². The number of hydrogen-bond acceptors (Lipinski definition) is 6. The Morgan fingerprint density at radius 3 is 2.39 bits per heavy atom. The molecule has 0 spiro atoms. The Kier molecular flexibility index (Phi) is 7.30. The number of ether oxygens (including phenoxy) is 1. The molecule has 8 nitrogen and oxygen atoms in total. The highest BCUT2D eigenvalue weighted by atomic mass is 32.2. The van der Waals surface area contributed by atoms with Gasteiger partial charge >= 0.3 is 5.97 Å². The van der Waals surface area contributed by atoms with Crippen LogP contribution in [0.15, 0.2) is 53.7 Å². The number of anilines is 1. The van der Waals surface area contributed by atoms with Gasteiger partial charge in [0.05, 0.1) is 11.3 Å². The first-order chi connectivity index (χ1) is 14.8. The minimum Gasteiger partial charge on any atom is -0.486 e. The highest BCUT2D eigenvalue weighted by Gasteiger charge is 2.13. The molecule has 0 unspecified atom stereocenters. The van der Waals surface area contributed by atoms with E-state index in [9.17, 15) is 9.59 Å². The van der Waals surface area contributed by atoms with E-state index in [1.54, 1.807) is 16.7 Å². The highest BCUT2D eigenvalue weighted by Crippen LogP contribution is 2.21. The van der Waals surface area contributed by atoms with Crippen LogP contribution in [0.5, 0.6) is 5.75 Å². The second kappa shape index (κ2) is 10.1. The van der Waals surface area contributed by atoms with Crippen LogP contribution >= 0.6 is 11.8 Å². The van der Waals surface area contributed by atoms with E-state index in [1.165, 1.54) is 29.5 Å². The van der Waals surface area contributed by atoms with Crippen LogP contribution in [0.1, 0.15) is 41.5 Å². The Bertz CT molecular complexity index is 1050. The summed E-state index contributed by atoms with van der Waals surface area (Å²) in [5.41, 5.74) is 1.95. The molecule has 9 heteroatoms. The van der Waals surface area contributed by atoms with Crippen molar-refractivity contribution in [1.82, 2.24) is 14.8 Å². The van der Waals surface area contributed by atoms with Gasteiger partial charge in [0.25, 0.3) is 0 Å². The number of amides is 1. The van der Waals surface area contributed by atoms with E-state index in [1.807, 2.05) is 31.3 Å². The highest BCUT2D eigenvalue weighted by molar-refractivity contribution is 7.99. The van der Waals surface area contributed by atoms with Crippen LogP contribution in [0, 0.1) is 0 Å². The fourth-order valence-corrected chi connectivity index (χ4v) is 3.45. The maximum Gasteiger partial charge on any atom is 0.335 e. The normalized spacial score (nSPS) is 10.8. The molecule has 0 aliphatic carbocycles. The summed E-state index contributed by atoms with van der Waals surface area (Å²) in [5, 5.41) is 20.5. The zero-order chi connectivity index (χ0) is 22.4. The Balaban J connectivity index is 1.50. The average molecular weight is 441 g/mol. The van der Waals surface area contributed by atoms with Crippen LogP contribution in [0.4, 0.5) is 5.69 Å². The van der Waals surface area contributed by atoms with E-state index in [0.29, 0.717) is 22.6 Å². The average Bonchev–Trinajstić information content (AvgIpc) is 3.11. The van der Waals surface area contributed by atoms with Crippen molar-refractivity contribution in [3.8, 4) is 5.75 Å². The molecule has 2 aromatic carbocycles. The Morgan fingerprint density at radius 1 is 1.10 bits per heavy atom. The van der Waals surface area contributed by atoms with Gasteiger partial charge in [0.1, 0.15) is 12.4 Å². The smallest absolute Gasteiger partial charge is 0.335 e. The van der Waals surface area contributed by atoms with Crippen molar-refractivity contribution in [1.29, 1.82) is 0 Å². The lowest BCUT2D eigenvalue weighted by Crippen LogP contribution is -2.14. The third-order valence-electron chi connectivity index (χ3n) is 4.59. The minimum atomic E-state index is -1.01. The molecule has 31 heavy (non-hydrogen) atoms. The number of nitrogens with one attached hydrogen (secondary N) is 1. The van der Waals surface area contributed by atoms with Gasteiger partial charge in [-0.25, -0.2) is 4.79 Å². The summed E-state index contributed by atoms with van der Waals surface area (Å²) in [6.07, 6.45) is 0. The van der Waals surface area contributed by atoms with Gasteiger partial charge in [-0.1, -0.05) is 37.7 Å². The standard InChI is InChI=1S/C22H24N4O4S/c1-14(2)15-6-10-18(11-7-15)30-12-19-24-25-22(26(19)3)31-13-20(27)23-17-8-4-16(5-9-17)21(28)29/h4-11,14H,12-13H2,1-3H3,(H,23,27)(H,28,29). The van der Waals surface area contributed by atoms with Crippen molar-refractivity contribution in [2.75, 3.05) is 11.1 Å². The molecule has 0 fully saturated rings. The largest absolute Gasteiger partial charge is 0.486 e. The van der Waals surface area contributed by atoms with Crippen molar-refractivity contribution in [3.05, 3.63) is 65.5 Å². The zero-order valence-electron chi connectivity index (χ0n) is 17.5. The second-order valence-corrected chi connectivity index (χ2v) is 8.13. The summed E-state index contributed by atoms with van der Waals surface area (Å²) < 4.78 is 7.59. The van der Waals surface area contributed by atoms with Crippen LogP contribution < -0.4 is 10.1 Å². The van der Waals surface area contributed by atoms with E-state index in [2.05, 4.69) is 29.4 Å². The molecule has 1 heterocycles. The molecule has 0 aliphatic heterocycles. The summed E-state index contributed by atoms with van der Waals surface area (Å²) >= 11 is 1.26. The van der Waals surface area contributed by atoms with Crippen LogP contribution in [0.3, 0.4) is 0 Å². The predicted octanol–water partition coefficient (Wildman–Crippen LogP) is 3.95. The molecular weight excluding hydrogens is 416 g/mol. The number of carboxylic acids is 1. The number of aromatic nitrogens is 3. The zero-order valence-corrected chi connectivity index (χ0v) is 18.3. The number of rotatable bonds is 9. The topological polar surface area (TPSA) is 106 Å². The lowest BCUT2D eigenvalue weighted by molar-refractivity contribution is -0.113. The molecule has 1 amide bonds. The molecule has 162 valence electrons. The molecule has 2 N–H and O–H groups in total. The SMILES string of the molecule is CC(C)c1ccc(OCc2nnc(SCC(=O)Nc3ccc(C(=O)O)cc3)n2C)cc1. The van der Waals surface area contributed by atoms with Crippen molar-refractivity contribution < 1.29 is 19.4 Å². The van der Waals surface area contributed by atoms with Crippen molar-refractivity contribution >= 4 is 29.3 Å². The molecule has 0 saturated carbocycles. The molecule has 0 saturated heterocycles.